The molecule has 1 aliphatic rings. The molecule has 0 spiro atoms. The summed E-state index contributed by atoms with van der Waals surface area (Å²) >= 11 is 0. The monoisotopic (exact) mass is 586 g/mol. The Morgan fingerprint density at radius 3 is 2.43 bits per heavy atom. The smallest absolute Gasteiger partial charge is 0.247 e. The number of pyridine rings is 1. The molecular weight excluding hydrogens is 548 g/mol. The summed E-state index contributed by atoms with van der Waals surface area (Å²) in [7, 11) is -3.89. The summed E-state index contributed by atoms with van der Waals surface area (Å²) in [5.74, 6) is 0.303. The summed E-state index contributed by atoms with van der Waals surface area (Å²) < 4.78 is 24.2. The minimum atomic E-state index is -3.89. The van der Waals surface area contributed by atoms with Crippen LogP contribution in [0.3, 0.4) is 0 Å². The zero-order valence-electron chi connectivity index (χ0n) is 23.8. The molecule has 0 saturated heterocycles. The van der Waals surface area contributed by atoms with Crippen molar-refractivity contribution in [1.82, 2.24) is 4.98 Å². The van der Waals surface area contributed by atoms with E-state index >= 15 is 0 Å². The average Bonchev–Trinajstić information content (AvgIpc) is 2.98. The van der Waals surface area contributed by atoms with Crippen LogP contribution in [0, 0.1) is 0 Å². The van der Waals surface area contributed by atoms with E-state index in [1.165, 1.54) is 12.5 Å². The Balaban J connectivity index is 1.48. The maximum Gasteiger partial charge on any atom is 0.247 e. The highest BCUT2D eigenvalue weighted by Crippen LogP contribution is 2.38. The Morgan fingerprint density at radius 2 is 1.74 bits per heavy atom. The van der Waals surface area contributed by atoms with Gasteiger partial charge in [-0.1, -0.05) is 62.9 Å². The van der Waals surface area contributed by atoms with Crippen LogP contribution in [-0.4, -0.2) is 31.4 Å². The molecule has 3 aromatic carbocycles. The maximum absolute atomic E-state index is 14.0. The Kier molecular flexibility index (Phi) is 8.65. The molecule has 1 unspecified atom stereocenters. The number of nitrogen functional groups attached to an aromatic ring is 2. The summed E-state index contributed by atoms with van der Waals surface area (Å²) in [6.07, 6.45) is 8.45. The number of nitrogens with one attached hydrogen (secondary N) is 1. The zero-order valence-corrected chi connectivity index (χ0v) is 24.6. The molecule has 7 N–H and O–H groups in total. The van der Waals surface area contributed by atoms with Gasteiger partial charge in [-0.25, -0.2) is 18.5 Å². The minimum Gasteiger partial charge on any atom is -0.397 e. The SMILES string of the molecule is CCCC(C(=O)Nc1ccc(-c2ccccc2S(N)(=O)=O)cc1)N(c1cc2c(N)nccc2cc1N)C1CCCCC1. The quantitative estimate of drug-likeness (QED) is 0.184. The van der Waals surface area contributed by atoms with Crippen LogP contribution in [-0.2, 0) is 14.8 Å². The van der Waals surface area contributed by atoms with Crippen LogP contribution >= 0.6 is 0 Å². The van der Waals surface area contributed by atoms with Gasteiger partial charge in [-0.05, 0) is 66.6 Å². The molecule has 1 heterocycles. The highest BCUT2D eigenvalue weighted by Gasteiger charge is 2.33. The van der Waals surface area contributed by atoms with Gasteiger partial charge in [0.05, 0.1) is 16.3 Å². The van der Waals surface area contributed by atoms with Crippen LogP contribution in [0.4, 0.5) is 22.9 Å². The lowest BCUT2D eigenvalue weighted by atomic mass is 9.91. The van der Waals surface area contributed by atoms with Crippen LogP contribution < -0.4 is 26.8 Å². The van der Waals surface area contributed by atoms with Crippen LogP contribution in [0.25, 0.3) is 21.9 Å². The number of benzene rings is 3. The third-order valence-electron chi connectivity index (χ3n) is 8.05. The molecule has 0 radical (unpaired) electrons. The van der Waals surface area contributed by atoms with Crippen molar-refractivity contribution in [1.29, 1.82) is 0 Å². The number of hydrogen-bond donors (Lipinski definition) is 4. The van der Waals surface area contributed by atoms with Gasteiger partial charge in [0.2, 0.25) is 15.9 Å². The van der Waals surface area contributed by atoms with E-state index in [1.807, 2.05) is 18.2 Å². The number of amides is 1. The molecule has 1 aliphatic carbocycles. The highest BCUT2D eigenvalue weighted by molar-refractivity contribution is 7.89. The summed E-state index contributed by atoms with van der Waals surface area (Å²) in [5, 5.41) is 10.3. The maximum atomic E-state index is 14.0. The largest absolute Gasteiger partial charge is 0.397 e. The number of sulfonamides is 1. The van der Waals surface area contributed by atoms with E-state index in [-0.39, 0.29) is 16.8 Å². The number of nitrogens with two attached hydrogens (primary N) is 3. The third kappa shape index (κ3) is 6.19. The Morgan fingerprint density at radius 1 is 1.02 bits per heavy atom. The van der Waals surface area contributed by atoms with Crippen LogP contribution in [0.1, 0.15) is 51.9 Å². The molecule has 1 fully saturated rings. The lowest BCUT2D eigenvalue weighted by Gasteiger charge is -2.41. The standard InChI is InChI=1S/C32H38N6O3S/c1-2-8-28(32(39)37-23-15-13-21(14-16-23)25-11-6-7-12-30(25)42(35,40)41)38(24-9-4-3-5-10-24)29-20-26-22(19-27(29)33)17-18-36-31(26)34/h6-7,11-20,24,28H,2-5,8-10,33H2,1H3,(H2,34,36)(H,37,39)(H2,35,40,41). The van der Waals surface area contributed by atoms with Gasteiger partial charge in [0, 0.05) is 28.9 Å². The highest BCUT2D eigenvalue weighted by atomic mass is 32.2. The van der Waals surface area contributed by atoms with Gasteiger partial charge in [-0.3, -0.25) is 4.79 Å². The lowest BCUT2D eigenvalue weighted by molar-refractivity contribution is -0.117. The van der Waals surface area contributed by atoms with Gasteiger partial charge in [0.1, 0.15) is 11.9 Å². The van der Waals surface area contributed by atoms with Crippen molar-refractivity contribution in [3.63, 3.8) is 0 Å². The van der Waals surface area contributed by atoms with Gasteiger partial charge >= 0.3 is 0 Å². The van der Waals surface area contributed by atoms with Gasteiger partial charge in [0.25, 0.3) is 0 Å². The second-order valence-corrected chi connectivity index (χ2v) is 12.5. The van der Waals surface area contributed by atoms with E-state index in [0.29, 0.717) is 34.7 Å². The van der Waals surface area contributed by atoms with Gasteiger partial charge in [-0.15, -0.1) is 0 Å². The molecular formula is C32H38N6O3S. The normalized spacial score (nSPS) is 14.9. The minimum absolute atomic E-state index is 0.0525. The first-order chi connectivity index (χ1) is 20.2. The number of hydrogen-bond acceptors (Lipinski definition) is 7. The number of fused-ring (bicyclic) bond motifs is 1. The van der Waals surface area contributed by atoms with Crippen molar-refractivity contribution in [2.24, 2.45) is 5.14 Å². The second-order valence-electron chi connectivity index (χ2n) is 10.9. The molecule has 10 heteroatoms. The molecule has 220 valence electrons. The molecule has 4 aromatic rings. The summed E-state index contributed by atoms with van der Waals surface area (Å²) in [6, 6.07) is 19.2. The van der Waals surface area contributed by atoms with Crippen molar-refractivity contribution >= 4 is 49.6 Å². The van der Waals surface area contributed by atoms with E-state index in [0.717, 1.165) is 48.6 Å². The molecule has 1 saturated carbocycles. The first-order valence-corrected chi connectivity index (χ1v) is 16.0. The zero-order chi connectivity index (χ0) is 29.9. The first kappa shape index (κ1) is 29.3. The molecule has 0 bridgehead atoms. The van der Waals surface area contributed by atoms with Gasteiger partial charge in [0.15, 0.2) is 0 Å². The average molecular weight is 587 g/mol. The topological polar surface area (TPSA) is 157 Å². The number of carbonyl (C=O) groups excluding carboxylic acids is 1. The number of carbonyl (C=O) groups is 1. The fourth-order valence-corrected chi connectivity index (χ4v) is 6.79. The number of rotatable bonds is 9. The van der Waals surface area contributed by atoms with Crippen molar-refractivity contribution < 1.29 is 13.2 Å². The summed E-state index contributed by atoms with van der Waals surface area (Å²) in [6.45, 7) is 2.07. The van der Waals surface area contributed by atoms with Gasteiger partial charge < -0.3 is 21.7 Å². The third-order valence-corrected chi connectivity index (χ3v) is 9.02. The number of nitrogens with zero attached hydrogens (tertiary/aromatic N) is 2. The van der Waals surface area contributed by atoms with E-state index in [9.17, 15) is 13.2 Å². The van der Waals surface area contributed by atoms with Crippen molar-refractivity contribution in [2.45, 2.75) is 68.8 Å². The Hall–Kier alpha value is -4.15. The van der Waals surface area contributed by atoms with Crippen molar-refractivity contribution in [3.8, 4) is 11.1 Å². The lowest BCUT2D eigenvalue weighted by Crippen LogP contribution is -2.50. The van der Waals surface area contributed by atoms with Gasteiger partial charge in [-0.2, -0.15) is 0 Å². The van der Waals surface area contributed by atoms with Crippen molar-refractivity contribution in [3.05, 3.63) is 72.9 Å². The first-order valence-electron chi connectivity index (χ1n) is 14.4. The fraction of sp³-hybridized carbons (Fsp3) is 0.312. The molecule has 1 amide bonds. The molecule has 5 rings (SSSR count). The Bertz CT molecular complexity index is 1680. The molecule has 42 heavy (non-hydrogen) atoms. The molecule has 1 atom stereocenters. The molecule has 1 aromatic heterocycles. The van der Waals surface area contributed by atoms with E-state index in [4.69, 9.17) is 16.6 Å². The van der Waals surface area contributed by atoms with E-state index < -0.39 is 16.1 Å². The van der Waals surface area contributed by atoms with Crippen LogP contribution in [0.2, 0.25) is 0 Å². The Labute approximate surface area is 247 Å². The number of aromatic nitrogens is 1. The summed E-state index contributed by atoms with van der Waals surface area (Å²) in [4.78, 5) is 20.6. The predicted octanol–water partition coefficient (Wildman–Crippen LogP) is 5.66. The summed E-state index contributed by atoms with van der Waals surface area (Å²) in [5.41, 5.74) is 16.1. The van der Waals surface area contributed by atoms with E-state index in [2.05, 4.69) is 22.1 Å². The fourth-order valence-electron chi connectivity index (χ4n) is 6.03. The van der Waals surface area contributed by atoms with Crippen molar-refractivity contribution in [2.75, 3.05) is 21.7 Å². The van der Waals surface area contributed by atoms with Crippen LogP contribution in [0.5, 0.6) is 0 Å². The molecule has 9 nitrogen and oxygen atoms in total. The number of primary sulfonamides is 1. The molecule has 0 aliphatic heterocycles. The predicted molar refractivity (Wildman–Crippen MR) is 170 cm³/mol. The number of anilines is 4. The van der Waals surface area contributed by atoms with E-state index in [1.54, 1.807) is 48.7 Å². The van der Waals surface area contributed by atoms with Crippen LogP contribution in [0.15, 0.2) is 77.8 Å². The second kappa shape index (κ2) is 12.4.